The number of halogens is 1. The van der Waals surface area contributed by atoms with Crippen molar-refractivity contribution < 1.29 is 9.47 Å². The van der Waals surface area contributed by atoms with Gasteiger partial charge in [-0.15, -0.1) is 0 Å². The van der Waals surface area contributed by atoms with Crippen LogP contribution in [0.3, 0.4) is 0 Å². The fraction of sp³-hybridized carbons (Fsp3) is 0.200. The Bertz CT molecular complexity index is 479. The van der Waals surface area contributed by atoms with E-state index in [1.54, 1.807) is 14.2 Å². The fourth-order valence-electron chi connectivity index (χ4n) is 1.37. The maximum atomic E-state index is 5.30. The van der Waals surface area contributed by atoms with E-state index < -0.39 is 0 Å². The maximum absolute atomic E-state index is 5.30. The first-order chi connectivity index (χ1) is 7.76. The van der Waals surface area contributed by atoms with E-state index in [0.717, 1.165) is 22.1 Å². The molecule has 84 valence electrons. The highest BCUT2D eigenvalue weighted by atomic mass is 79.9. The summed E-state index contributed by atoms with van der Waals surface area (Å²) in [6.45, 7) is 0. The predicted octanol–water partition coefficient (Wildman–Crippen LogP) is 2.98. The number of nitrogens with zero attached hydrogens (tertiary/aromatic N) is 2. The molecule has 0 bridgehead atoms. The van der Waals surface area contributed by atoms with Gasteiger partial charge in [-0.1, -0.05) is 6.07 Å². The Labute approximate surface area is 106 Å². The third-order valence-electron chi connectivity index (χ3n) is 2.04. The van der Waals surface area contributed by atoms with Gasteiger partial charge >= 0.3 is 0 Å². The first kappa shape index (κ1) is 11.3. The summed E-state index contributed by atoms with van der Waals surface area (Å²) in [5.74, 6) is 1.45. The van der Waals surface area contributed by atoms with Crippen LogP contribution in [0.25, 0.3) is 10.6 Å². The number of rotatable bonds is 3. The van der Waals surface area contributed by atoms with E-state index in [1.807, 2.05) is 18.2 Å². The molecule has 0 N–H and O–H groups in total. The molecule has 2 aromatic rings. The monoisotopic (exact) mass is 300 g/mol. The molecule has 0 amide bonds. The van der Waals surface area contributed by atoms with E-state index in [1.165, 1.54) is 11.5 Å². The van der Waals surface area contributed by atoms with Crippen molar-refractivity contribution in [2.75, 3.05) is 14.2 Å². The Morgan fingerprint density at radius 1 is 1.19 bits per heavy atom. The van der Waals surface area contributed by atoms with Gasteiger partial charge in [-0.2, -0.15) is 4.37 Å². The molecule has 0 atom stereocenters. The lowest BCUT2D eigenvalue weighted by molar-refractivity contribution is 0.397. The van der Waals surface area contributed by atoms with Crippen molar-refractivity contribution in [2.24, 2.45) is 0 Å². The molecule has 1 aromatic carbocycles. The second-order valence-electron chi connectivity index (χ2n) is 2.91. The average Bonchev–Trinajstić information content (AvgIpc) is 2.74. The second-order valence-corrected chi connectivity index (χ2v) is 4.37. The lowest BCUT2D eigenvalue weighted by Gasteiger charge is -2.09. The van der Waals surface area contributed by atoms with Gasteiger partial charge in [0.1, 0.15) is 11.5 Å². The van der Waals surface area contributed by atoms with Crippen molar-refractivity contribution in [1.29, 1.82) is 0 Å². The Balaban J connectivity index is 2.60. The molecule has 0 fully saturated rings. The number of ether oxygens (including phenoxy) is 2. The van der Waals surface area contributed by atoms with E-state index in [-0.39, 0.29) is 0 Å². The molecular weight excluding hydrogens is 292 g/mol. The summed E-state index contributed by atoms with van der Waals surface area (Å²) in [7, 11) is 3.24. The molecule has 2 rings (SSSR count). The van der Waals surface area contributed by atoms with Gasteiger partial charge < -0.3 is 9.47 Å². The smallest absolute Gasteiger partial charge is 0.209 e. The lowest BCUT2D eigenvalue weighted by Crippen LogP contribution is -1.92. The van der Waals surface area contributed by atoms with Crippen molar-refractivity contribution in [2.45, 2.75) is 0 Å². The highest BCUT2D eigenvalue weighted by molar-refractivity contribution is 9.10. The number of methoxy groups -OCH3 is 2. The summed E-state index contributed by atoms with van der Waals surface area (Å²) in [5, 5.41) is 0.765. The molecule has 0 spiro atoms. The van der Waals surface area contributed by atoms with E-state index in [4.69, 9.17) is 9.47 Å². The minimum atomic E-state index is 0.570. The zero-order valence-electron chi connectivity index (χ0n) is 8.73. The molecule has 0 unspecified atom stereocenters. The van der Waals surface area contributed by atoms with Gasteiger partial charge in [0.2, 0.25) is 4.73 Å². The Kier molecular flexibility index (Phi) is 3.40. The molecule has 0 saturated carbocycles. The number of benzene rings is 1. The Morgan fingerprint density at radius 2 is 1.81 bits per heavy atom. The topological polar surface area (TPSA) is 44.2 Å². The van der Waals surface area contributed by atoms with Crippen molar-refractivity contribution >= 4 is 27.5 Å². The van der Waals surface area contributed by atoms with Crippen LogP contribution in [0, 0.1) is 0 Å². The number of hydrogen-bond acceptors (Lipinski definition) is 5. The van der Waals surface area contributed by atoms with Gasteiger partial charge in [0, 0.05) is 0 Å². The van der Waals surface area contributed by atoms with Crippen molar-refractivity contribution in [3.05, 3.63) is 22.9 Å². The van der Waals surface area contributed by atoms with Crippen LogP contribution in [0.2, 0.25) is 0 Å². The molecule has 0 aliphatic rings. The standard InChI is InChI=1S/C10H9BrN2O2S/c1-14-6-4-3-5-7(15-2)8(6)9-12-10(11)13-16-9/h3-5H,1-2H3. The lowest BCUT2D eigenvalue weighted by atomic mass is 10.2. The summed E-state index contributed by atoms with van der Waals surface area (Å²) in [4.78, 5) is 4.26. The summed E-state index contributed by atoms with van der Waals surface area (Å²) in [5.41, 5.74) is 0.829. The molecule has 0 radical (unpaired) electrons. The van der Waals surface area contributed by atoms with Crippen LogP contribution in [-0.4, -0.2) is 23.6 Å². The highest BCUT2D eigenvalue weighted by Crippen LogP contribution is 2.39. The SMILES string of the molecule is COc1cccc(OC)c1-c1nc(Br)ns1. The van der Waals surface area contributed by atoms with Gasteiger partial charge in [0.25, 0.3) is 0 Å². The van der Waals surface area contributed by atoms with E-state index in [2.05, 4.69) is 25.3 Å². The first-order valence-electron chi connectivity index (χ1n) is 4.47. The maximum Gasteiger partial charge on any atom is 0.209 e. The third kappa shape index (κ3) is 2.03. The molecule has 0 aliphatic carbocycles. The summed E-state index contributed by atoms with van der Waals surface area (Å²) in [6.07, 6.45) is 0. The van der Waals surface area contributed by atoms with Gasteiger partial charge in [-0.25, -0.2) is 4.98 Å². The quantitative estimate of drug-likeness (QED) is 0.874. The van der Waals surface area contributed by atoms with Crippen LogP contribution in [0.4, 0.5) is 0 Å². The molecular formula is C10H9BrN2O2S. The van der Waals surface area contributed by atoms with Crippen molar-refractivity contribution in [1.82, 2.24) is 9.36 Å². The zero-order valence-corrected chi connectivity index (χ0v) is 11.1. The van der Waals surface area contributed by atoms with Crippen LogP contribution in [0.5, 0.6) is 11.5 Å². The van der Waals surface area contributed by atoms with Gasteiger partial charge in [0.15, 0.2) is 5.01 Å². The summed E-state index contributed by atoms with van der Waals surface area (Å²) in [6, 6.07) is 5.61. The van der Waals surface area contributed by atoms with Crippen LogP contribution < -0.4 is 9.47 Å². The van der Waals surface area contributed by atoms with Crippen LogP contribution in [0.15, 0.2) is 22.9 Å². The fourth-order valence-corrected chi connectivity index (χ4v) is 2.50. The minimum absolute atomic E-state index is 0.570. The molecule has 1 aromatic heterocycles. The molecule has 0 saturated heterocycles. The zero-order chi connectivity index (χ0) is 11.5. The first-order valence-corrected chi connectivity index (χ1v) is 6.03. The van der Waals surface area contributed by atoms with Crippen LogP contribution >= 0.6 is 27.5 Å². The third-order valence-corrected chi connectivity index (χ3v) is 3.36. The average molecular weight is 301 g/mol. The molecule has 4 nitrogen and oxygen atoms in total. The molecule has 16 heavy (non-hydrogen) atoms. The van der Waals surface area contributed by atoms with E-state index >= 15 is 0 Å². The van der Waals surface area contributed by atoms with Gasteiger partial charge in [0.05, 0.1) is 19.8 Å². The van der Waals surface area contributed by atoms with E-state index in [0.29, 0.717) is 4.73 Å². The minimum Gasteiger partial charge on any atom is -0.496 e. The normalized spacial score (nSPS) is 10.2. The number of aromatic nitrogens is 2. The van der Waals surface area contributed by atoms with Crippen molar-refractivity contribution in [3.63, 3.8) is 0 Å². The van der Waals surface area contributed by atoms with E-state index in [9.17, 15) is 0 Å². The molecule has 0 aliphatic heterocycles. The molecule has 6 heteroatoms. The Morgan fingerprint density at radius 3 is 2.25 bits per heavy atom. The Hall–Kier alpha value is -1.14. The van der Waals surface area contributed by atoms with Crippen molar-refractivity contribution in [3.8, 4) is 22.1 Å². The summed E-state index contributed by atoms with van der Waals surface area (Å²) < 4.78 is 15.2. The predicted molar refractivity (Wildman–Crippen MR) is 66.1 cm³/mol. The van der Waals surface area contributed by atoms with Crippen LogP contribution in [0.1, 0.15) is 0 Å². The largest absolute Gasteiger partial charge is 0.496 e. The van der Waals surface area contributed by atoms with Crippen LogP contribution in [-0.2, 0) is 0 Å². The van der Waals surface area contributed by atoms with Gasteiger partial charge in [-0.05, 0) is 39.6 Å². The second kappa shape index (κ2) is 4.80. The van der Waals surface area contributed by atoms with Gasteiger partial charge in [-0.3, -0.25) is 0 Å². The number of hydrogen-bond donors (Lipinski definition) is 0. The summed E-state index contributed by atoms with van der Waals surface area (Å²) >= 11 is 4.52. The molecule has 1 heterocycles. The highest BCUT2D eigenvalue weighted by Gasteiger charge is 2.16.